The first-order chi connectivity index (χ1) is 8.18. The minimum Gasteiger partial charge on any atom is -0.246 e. The molecule has 0 saturated carbocycles. The van der Waals surface area contributed by atoms with Crippen molar-refractivity contribution >= 4 is 34.3 Å². The van der Waals surface area contributed by atoms with Crippen LogP contribution >= 0.6 is 28.1 Å². The van der Waals surface area contributed by atoms with Crippen molar-refractivity contribution in [2.75, 3.05) is 0 Å². The molecule has 0 saturated heterocycles. The van der Waals surface area contributed by atoms with Gasteiger partial charge in [-0.1, -0.05) is 15.9 Å². The molecular weight excluding hydrogens is 302 g/mol. The summed E-state index contributed by atoms with van der Waals surface area (Å²) >= 11 is 8.66. The standard InChI is InChI=1S/C11H8BrN3OS/c12-8-2-4-9(5-3-8)15-10(16)13-6-1-7-14(13)11(15)17/h1-5,7H,6H2. The second-order valence-electron chi connectivity index (χ2n) is 3.69. The monoisotopic (exact) mass is 309 g/mol. The lowest BCUT2D eigenvalue weighted by Gasteiger charge is -2.00. The van der Waals surface area contributed by atoms with Gasteiger partial charge in [0, 0.05) is 10.7 Å². The van der Waals surface area contributed by atoms with Crippen LogP contribution in [0.5, 0.6) is 0 Å². The van der Waals surface area contributed by atoms with Crippen molar-refractivity contribution in [3.63, 3.8) is 0 Å². The first-order valence-corrected chi connectivity index (χ1v) is 6.25. The lowest BCUT2D eigenvalue weighted by atomic mass is 10.3. The van der Waals surface area contributed by atoms with Crippen molar-refractivity contribution in [3.05, 3.63) is 50.1 Å². The van der Waals surface area contributed by atoms with Gasteiger partial charge in [-0.25, -0.2) is 18.7 Å². The second-order valence-corrected chi connectivity index (χ2v) is 4.97. The molecule has 1 aromatic heterocycles. The van der Waals surface area contributed by atoms with E-state index in [0.717, 1.165) is 10.2 Å². The van der Waals surface area contributed by atoms with Crippen LogP contribution in [0.15, 0.2) is 39.6 Å². The summed E-state index contributed by atoms with van der Waals surface area (Å²) in [6, 6.07) is 7.50. The van der Waals surface area contributed by atoms with Crippen molar-refractivity contribution < 1.29 is 0 Å². The summed E-state index contributed by atoms with van der Waals surface area (Å²) < 4.78 is 6.29. The van der Waals surface area contributed by atoms with Crippen molar-refractivity contribution in [1.29, 1.82) is 0 Å². The Morgan fingerprint density at radius 2 is 1.94 bits per heavy atom. The highest BCUT2D eigenvalue weighted by molar-refractivity contribution is 9.10. The maximum absolute atomic E-state index is 12.2. The van der Waals surface area contributed by atoms with Crippen LogP contribution in [0.3, 0.4) is 0 Å². The zero-order valence-electron chi connectivity index (χ0n) is 8.71. The molecule has 6 heteroatoms. The Labute approximate surface area is 111 Å². The van der Waals surface area contributed by atoms with Crippen molar-refractivity contribution in [2.45, 2.75) is 6.54 Å². The summed E-state index contributed by atoms with van der Waals surface area (Å²) in [4.78, 5) is 12.2. The van der Waals surface area contributed by atoms with Crippen LogP contribution in [0.4, 0.5) is 0 Å². The molecule has 0 fully saturated rings. The van der Waals surface area contributed by atoms with Crippen molar-refractivity contribution in [2.24, 2.45) is 0 Å². The van der Waals surface area contributed by atoms with Crippen molar-refractivity contribution in [1.82, 2.24) is 13.9 Å². The molecule has 1 aliphatic rings. The van der Waals surface area contributed by atoms with Gasteiger partial charge in [-0.05, 0) is 42.6 Å². The fourth-order valence-corrected chi connectivity index (χ4v) is 2.47. The molecule has 3 rings (SSSR count). The SMILES string of the molecule is O=c1n(-c2ccc(Br)cc2)c(=S)n2n1CC=C2. The highest BCUT2D eigenvalue weighted by Gasteiger charge is 2.14. The molecule has 1 aliphatic heterocycles. The fourth-order valence-electron chi connectivity index (χ4n) is 1.86. The van der Waals surface area contributed by atoms with E-state index in [1.54, 1.807) is 9.36 Å². The predicted molar refractivity (Wildman–Crippen MR) is 71.9 cm³/mol. The van der Waals surface area contributed by atoms with Crippen LogP contribution in [-0.4, -0.2) is 13.9 Å². The molecule has 2 heterocycles. The van der Waals surface area contributed by atoms with E-state index in [0.29, 0.717) is 11.3 Å². The fraction of sp³-hybridized carbons (Fsp3) is 0.0909. The van der Waals surface area contributed by atoms with Crippen LogP contribution < -0.4 is 5.69 Å². The Bertz CT molecular complexity index is 721. The minimum atomic E-state index is -0.109. The van der Waals surface area contributed by atoms with E-state index in [4.69, 9.17) is 12.2 Å². The van der Waals surface area contributed by atoms with Gasteiger partial charge < -0.3 is 0 Å². The van der Waals surface area contributed by atoms with E-state index in [2.05, 4.69) is 15.9 Å². The highest BCUT2D eigenvalue weighted by atomic mass is 79.9. The topological polar surface area (TPSA) is 31.9 Å². The maximum Gasteiger partial charge on any atom is 0.350 e. The Hall–Kier alpha value is -1.40. The molecule has 2 aromatic rings. The molecule has 17 heavy (non-hydrogen) atoms. The minimum absolute atomic E-state index is 0.109. The van der Waals surface area contributed by atoms with Gasteiger partial charge in [-0.3, -0.25) is 0 Å². The molecule has 1 aromatic carbocycles. The Morgan fingerprint density at radius 3 is 2.59 bits per heavy atom. The average molecular weight is 310 g/mol. The molecule has 0 N–H and O–H groups in total. The average Bonchev–Trinajstić information content (AvgIpc) is 2.87. The molecule has 0 radical (unpaired) electrons. The largest absolute Gasteiger partial charge is 0.350 e. The molecule has 0 atom stereocenters. The Kier molecular flexibility index (Phi) is 2.41. The quantitative estimate of drug-likeness (QED) is 0.758. The summed E-state index contributed by atoms with van der Waals surface area (Å²) in [6.45, 7) is 0.575. The van der Waals surface area contributed by atoms with E-state index in [9.17, 15) is 4.79 Å². The first kappa shape index (κ1) is 10.7. The van der Waals surface area contributed by atoms with Gasteiger partial charge >= 0.3 is 5.69 Å². The zero-order chi connectivity index (χ0) is 12.0. The van der Waals surface area contributed by atoms with E-state index >= 15 is 0 Å². The number of aromatic nitrogens is 3. The lowest BCUT2D eigenvalue weighted by Crippen LogP contribution is -2.23. The number of benzene rings is 1. The van der Waals surface area contributed by atoms with Crippen LogP contribution in [-0.2, 0) is 6.54 Å². The molecule has 86 valence electrons. The number of allylic oxidation sites excluding steroid dienone is 1. The second kappa shape index (κ2) is 3.82. The van der Waals surface area contributed by atoms with Crippen LogP contribution in [0.25, 0.3) is 11.9 Å². The third-order valence-electron chi connectivity index (χ3n) is 2.67. The maximum atomic E-state index is 12.2. The third-order valence-corrected chi connectivity index (χ3v) is 3.57. The Morgan fingerprint density at radius 1 is 1.24 bits per heavy atom. The van der Waals surface area contributed by atoms with Gasteiger partial charge in [0.1, 0.15) is 0 Å². The summed E-state index contributed by atoms with van der Waals surface area (Å²) in [5, 5.41) is 0. The van der Waals surface area contributed by atoms with Crippen LogP contribution in [0.1, 0.15) is 0 Å². The van der Waals surface area contributed by atoms with Crippen LogP contribution in [0, 0.1) is 4.77 Å². The van der Waals surface area contributed by atoms with Crippen LogP contribution in [0.2, 0.25) is 0 Å². The number of hydrogen-bond donors (Lipinski definition) is 0. The van der Waals surface area contributed by atoms with Gasteiger partial charge in [-0.15, -0.1) is 0 Å². The lowest BCUT2D eigenvalue weighted by molar-refractivity contribution is 0.640. The van der Waals surface area contributed by atoms with Gasteiger partial charge in [0.25, 0.3) is 0 Å². The zero-order valence-corrected chi connectivity index (χ0v) is 11.1. The number of fused-ring (bicyclic) bond motifs is 1. The Balaban J connectivity index is 2.29. The van der Waals surface area contributed by atoms with Gasteiger partial charge in [-0.2, -0.15) is 0 Å². The molecule has 0 aliphatic carbocycles. The number of halogens is 1. The van der Waals surface area contributed by atoms with E-state index in [-0.39, 0.29) is 5.69 Å². The molecule has 0 unspecified atom stereocenters. The number of nitrogens with zero attached hydrogens (tertiary/aromatic N) is 3. The third kappa shape index (κ3) is 1.56. The van der Waals surface area contributed by atoms with Gasteiger partial charge in [0.05, 0.1) is 12.2 Å². The number of hydrogen-bond acceptors (Lipinski definition) is 2. The predicted octanol–water partition coefficient (Wildman–Crippen LogP) is 2.42. The summed E-state index contributed by atoms with van der Waals surface area (Å²) in [5.41, 5.74) is 0.674. The smallest absolute Gasteiger partial charge is 0.246 e. The van der Waals surface area contributed by atoms with E-state index in [1.165, 1.54) is 4.57 Å². The normalized spacial score (nSPS) is 13.0. The number of rotatable bonds is 1. The first-order valence-electron chi connectivity index (χ1n) is 5.05. The van der Waals surface area contributed by atoms with E-state index in [1.807, 2.05) is 36.5 Å². The molecule has 0 bridgehead atoms. The molecule has 0 amide bonds. The molecular formula is C11H8BrN3OS. The van der Waals surface area contributed by atoms with Gasteiger partial charge in [0.2, 0.25) is 4.77 Å². The highest BCUT2D eigenvalue weighted by Crippen LogP contribution is 2.14. The molecule has 0 spiro atoms. The summed E-state index contributed by atoms with van der Waals surface area (Å²) in [7, 11) is 0. The summed E-state index contributed by atoms with van der Waals surface area (Å²) in [6.07, 6.45) is 3.72. The molecule has 4 nitrogen and oxygen atoms in total. The van der Waals surface area contributed by atoms with Crippen molar-refractivity contribution in [3.8, 4) is 5.69 Å². The van der Waals surface area contributed by atoms with Gasteiger partial charge in [0.15, 0.2) is 0 Å². The van der Waals surface area contributed by atoms with E-state index < -0.39 is 0 Å². The summed E-state index contributed by atoms with van der Waals surface area (Å²) in [5.74, 6) is 0.